The summed E-state index contributed by atoms with van der Waals surface area (Å²) in [4.78, 5) is 17.4. The van der Waals surface area contributed by atoms with Crippen molar-refractivity contribution in [2.75, 3.05) is 11.1 Å². The number of hydrogen-bond donors (Lipinski definition) is 2. The molecule has 0 spiro atoms. The Morgan fingerprint density at radius 1 is 1.20 bits per heavy atom. The minimum absolute atomic E-state index is 0.125. The quantitative estimate of drug-likeness (QED) is 0.533. The molecule has 3 aromatic rings. The molecule has 3 N–H and O–H groups in total. The van der Waals surface area contributed by atoms with Crippen molar-refractivity contribution >= 4 is 49.7 Å². The van der Waals surface area contributed by atoms with Gasteiger partial charge in [0.15, 0.2) is 5.13 Å². The van der Waals surface area contributed by atoms with Gasteiger partial charge in [0.25, 0.3) is 0 Å². The van der Waals surface area contributed by atoms with E-state index in [1.165, 1.54) is 16.9 Å². The van der Waals surface area contributed by atoms with Gasteiger partial charge < -0.3 is 11.1 Å². The van der Waals surface area contributed by atoms with E-state index in [9.17, 15) is 4.79 Å². The maximum absolute atomic E-state index is 12.6. The van der Waals surface area contributed by atoms with Crippen molar-refractivity contribution in [3.05, 3.63) is 69.0 Å². The molecule has 0 aliphatic heterocycles. The zero-order valence-corrected chi connectivity index (χ0v) is 16.3. The lowest BCUT2D eigenvalue weighted by Crippen LogP contribution is -2.02. The third-order valence-electron chi connectivity index (χ3n) is 3.78. The zero-order valence-electron chi connectivity index (χ0n) is 13.9. The number of nitrogen functional groups attached to an aromatic ring is 1. The van der Waals surface area contributed by atoms with Gasteiger partial charge in [-0.1, -0.05) is 65.4 Å². The van der Waals surface area contributed by atoms with Gasteiger partial charge in [0.2, 0.25) is 5.78 Å². The number of nitrogens with zero attached hydrogens (tertiary/aromatic N) is 1. The number of carbonyl (C=O) groups excluding carboxylic acids is 1. The summed E-state index contributed by atoms with van der Waals surface area (Å²) in [5, 5.41) is 3.82. The van der Waals surface area contributed by atoms with Gasteiger partial charge in [0, 0.05) is 15.7 Å². The summed E-state index contributed by atoms with van der Waals surface area (Å²) in [5.41, 5.74) is 8.73. The van der Waals surface area contributed by atoms with Crippen LogP contribution in [0.2, 0.25) is 0 Å². The average Bonchev–Trinajstić information content (AvgIpc) is 2.95. The molecule has 1 heterocycles. The highest BCUT2D eigenvalue weighted by molar-refractivity contribution is 9.10. The smallest absolute Gasteiger partial charge is 0.206 e. The number of aromatic nitrogens is 1. The van der Waals surface area contributed by atoms with Crippen LogP contribution in [0.15, 0.2) is 53.0 Å². The van der Waals surface area contributed by atoms with E-state index in [4.69, 9.17) is 5.73 Å². The molecular weight excluding hydrogens is 398 g/mol. The Hall–Kier alpha value is -2.18. The van der Waals surface area contributed by atoms with E-state index in [1.807, 2.05) is 24.3 Å². The van der Waals surface area contributed by atoms with Gasteiger partial charge in [-0.25, -0.2) is 4.98 Å². The lowest BCUT2D eigenvalue weighted by atomic mass is 10.0. The van der Waals surface area contributed by atoms with Crippen LogP contribution in [0.25, 0.3) is 0 Å². The Morgan fingerprint density at radius 2 is 1.92 bits per heavy atom. The first kappa shape index (κ1) is 17.6. The third kappa shape index (κ3) is 4.08. The highest BCUT2D eigenvalue weighted by Crippen LogP contribution is 2.30. The van der Waals surface area contributed by atoms with Crippen LogP contribution in [0.3, 0.4) is 0 Å². The van der Waals surface area contributed by atoms with E-state index in [2.05, 4.69) is 52.2 Å². The predicted molar refractivity (Wildman–Crippen MR) is 108 cm³/mol. The van der Waals surface area contributed by atoms with Gasteiger partial charge in [-0.2, -0.15) is 0 Å². The summed E-state index contributed by atoms with van der Waals surface area (Å²) in [7, 11) is 0. The molecule has 2 aromatic carbocycles. The monoisotopic (exact) mass is 415 g/mol. The molecule has 0 aliphatic carbocycles. The van der Waals surface area contributed by atoms with E-state index in [-0.39, 0.29) is 11.6 Å². The molecule has 0 saturated heterocycles. The number of hydrogen-bond acceptors (Lipinski definition) is 5. The molecule has 6 heteroatoms. The van der Waals surface area contributed by atoms with E-state index in [0.717, 1.165) is 10.2 Å². The molecule has 25 heavy (non-hydrogen) atoms. The minimum Gasteiger partial charge on any atom is -0.382 e. The predicted octanol–water partition coefficient (Wildman–Crippen LogP) is 5.59. The van der Waals surface area contributed by atoms with Crippen LogP contribution in [0.5, 0.6) is 0 Å². The Balaban J connectivity index is 1.81. The zero-order chi connectivity index (χ0) is 18.0. The molecule has 0 atom stereocenters. The van der Waals surface area contributed by atoms with Crippen LogP contribution in [0.1, 0.15) is 40.6 Å². The standard InChI is InChI=1S/C19H18BrN3OS/c1-11(2)12-6-8-15(9-7-12)22-19-23-18(21)17(25-19)16(24)13-4-3-5-14(20)10-13/h3-11H,21H2,1-2H3,(H,22,23). The van der Waals surface area contributed by atoms with E-state index in [1.54, 1.807) is 12.1 Å². The fourth-order valence-electron chi connectivity index (χ4n) is 2.38. The van der Waals surface area contributed by atoms with Gasteiger partial charge in [-0.05, 0) is 35.7 Å². The van der Waals surface area contributed by atoms with Crippen LogP contribution in [0, 0.1) is 0 Å². The second-order valence-corrected chi connectivity index (χ2v) is 7.89. The molecule has 0 amide bonds. The summed E-state index contributed by atoms with van der Waals surface area (Å²) >= 11 is 4.64. The van der Waals surface area contributed by atoms with E-state index in [0.29, 0.717) is 21.5 Å². The van der Waals surface area contributed by atoms with Crippen molar-refractivity contribution in [1.29, 1.82) is 0 Å². The van der Waals surface area contributed by atoms with Gasteiger partial charge in [0.1, 0.15) is 10.7 Å². The normalized spacial score (nSPS) is 10.9. The molecule has 3 rings (SSSR count). The number of ketones is 1. The van der Waals surface area contributed by atoms with Gasteiger partial charge in [0.05, 0.1) is 0 Å². The topological polar surface area (TPSA) is 68.0 Å². The second kappa shape index (κ2) is 7.37. The Kier molecular flexibility index (Phi) is 5.20. The summed E-state index contributed by atoms with van der Waals surface area (Å²) in [6.07, 6.45) is 0. The number of nitrogens with one attached hydrogen (secondary N) is 1. The van der Waals surface area contributed by atoms with Crippen molar-refractivity contribution in [1.82, 2.24) is 4.98 Å². The van der Waals surface area contributed by atoms with Gasteiger partial charge in [-0.15, -0.1) is 0 Å². The molecule has 0 bridgehead atoms. The SMILES string of the molecule is CC(C)c1ccc(Nc2nc(N)c(C(=O)c3cccc(Br)c3)s2)cc1. The van der Waals surface area contributed by atoms with Crippen LogP contribution in [0.4, 0.5) is 16.6 Å². The number of thiazole rings is 1. The highest BCUT2D eigenvalue weighted by Gasteiger charge is 2.18. The summed E-state index contributed by atoms with van der Waals surface area (Å²) < 4.78 is 0.852. The van der Waals surface area contributed by atoms with Crippen molar-refractivity contribution in [3.63, 3.8) is 0 Å². The first-order valence-corrected chi connectivity index (χ1v) is 9.48. The summed E-state index contributed by atoms with van der Waals surface area (Å²) in [5.74, 6) is 0.606. The summed E-state index contributed by atoms with van der Waals surface area (Å²) in [6, 6.07) is 15.4. The number of carbonyl (C=O) groups is 1. The first-order chi connectivity index (χ1) is 11.9. The molecule has 0 unspecified atom stereocenters. The third-order valence-corrected chi connectivity index (χ3v) is 5.25. The first-order valence-electron chi connectivity index (χ1n) is 7.87. The molecule has 0 saturated carbocycles. The van der Waals surface area contributed by atoms with Gasteiger partial charge >= 0.3 is 0 Å². The number of halogens is 1. The van der Waals surface area contributed by atoms with Crippen molar-refractivity contribution in [3.8, 4) is 0 Å². The molecule has 0 aliphatic rings. The largest absolute Gasteiger partial charge is 0.382 e. The van der Waals surface area contributed by atoms with Crippen molar-refractivity contribution < 1.29 is 4.79 Å². The van der Waals surface area contributed by atoms with Crippen LogP contribution in [-0.2, 0) is 0 Å². The minimum atomic E-state index is -0.125. The Labute approximate surface area is 159 Å². The van der Waals surface area contributed by atoms with Gasteiger partial charge in [-0.3, -0.25) is 4.79 Å². The molecule has 1 aromatic heterocycles. The van der Waals surface area contributed by atoms with Crippen LogP contribution >= 0.6 is 27.3 Å². The fraction of sp³-hybridized carbons (Fsp3) is 0.158. The maximum Gasteiger partial charge on any atom is 0.206 e. The Bertz CT molecular complexity index is 903. The number of rotatable bonds is 5. The van der Waals surface area contributed by atoms with Crippen LogP contribution in [-0.4, -0.2) is 10.8 Å². The molecule has 0 fully saturated rings. The molecule has 0 radical (unpaired) electrons. The lowest BCUT2D eigenvalue weighted by Gasteiger charge is -2.07. The number of benzene rings is 2. The lowest BCUT2D eigenvalue weighted by molar-refractivity contribution is 0.104. The van der Waals surface area contributed by atoms with Crippen molar-refractivity contribution in [2.24, 2.45) is 0 Å². The molecule has 128 valence electrons. The maximum atomic E-state index is 12.6. The van der Waals surface area contributed by atoms with Crippen molar-refractivity contribution in [2.45, 2.75) is 19.8 Å². The summed E-state index contributed by atoms with van der Waals surface area (Å²) in [6.45, 7) is 4.31. The fourth-order valence-corrected chi connectivity index (χ4v) is 3.65. The molecular formula is C19H18BrN3OS. The number of nitrogens with two attached hydrogens (primary N) is 1. The second-order valence-electron chi connectivity index (χ2n) is 5.97. The average molecular weight is 416 g/mol. The van der Waals surface area contributed by atoms with E-state index < -0.39 is 0 Å². The Morgan fingerprint density at radius 3 is 2.56 bits per heavy atom. The number of anilines is 3. The highest BCUT2D eigenvalue weighted by atomic mass is 79.9. The van der Waals surface area contributed by atoms with Crippen LogP contribution < -0.4 is 11.1 Å². The van der Waals surface area contributed by atoms with E-state index >= 15 is 0 Å². The molecule has 4 nitrogen and oxygen atoms in total.